The number of rotatable bonds is 10. The molecule has 0 unspecified atom stereocenters. The first-order valence-electron chi connectivity index (χ1n) is 8.86. The van der Waals surface area contributed by atoms with Gasteiger partial charge in [0.25, 0.3) is 0 Å². The highest BCUT2D eigenvalue weighted by molar-refractivity contribution is 5.90. The van der Waals surface area contributed by atoms with Crippen LogP contribution in [-0.2, 0) is 30.3 Å². The van der Waals surface area contributed by atoms with Crippen LogP contribution in [0.4, 0.5) is 4.39 Å². The van der Waals surface area contributed by atoms with Crippen LogP contribution in [0.1, 0.15) is 32.8 Å². The van der Waals surface area contributed by atoms with Gasteiger partial charge in [0.05, 0.1) is 12.5 Å². The van der Waals surface area contributed by atoms with Gasteiger partial charge in [0.1, 0.15) is 17.9 Å². The number of ether oxygens (including phenoxy) is 1. The molecule has 0 bridgehead atoms. The molecule has 0 radical (unpaired) electrons. The molecular weight excluding hydrogens is 371 g/mol. The molecular formula is C19H25FN2O6. The molecule has 0 fully saturated rings. The molecule has 2 amide bonds. The summed E-state index contributed by atoms with van der Waals surface area (Å²) in [7, 11) is 0. The Labute approximate surface area is 162 Å². The van der Waals surface area contributed by atoms with Crippen molar-refractivity contribution in [2.24, 2.45) is 5.92 Å². The summed E-state index contributed by atoms with van der Waals surface area (Å²) in [5, 5.41) is 14.1. The lowest BCUT2D eigenvalue weighted by molar-refractivity contribution is -0.149. The third-order valence-electron chi connectivity index (χ3n) is 3.97. The molecule has 154 valence electrons. The molecule has 8 nitrogen and oxygen atoms in total. The van der Waals surface area contributed by atoms with Crippen LogP contribution in [0.25, 0.3) is 0 Å². The molecule has 0 aromatic heterocycles. The number of aliphatic carboxylic acids is 1. The van der Waals surface area contributed by atoms with Crippen LogP contribution in [-0.4, -0.2) is 47.6 Å². The standard InChI is InChI=1S/C19H25FN2O6/c1-4-28-19(27)11(2)9-16(18(25)26)22-17(24)15(21-12(3)23)10-13-7-5-6-8-14(13)20/h5-8,11,15-16H,4,9-10H2,1-3H3,(H,21,23)(H,22,24)(H,25,26)/t11-,15+,16+/m1/s1. The SMILES string of the molecule is CCOC(=O)[C@H](C)C[C@H](NC(=O)[C@H](Cc1ccccc1F)NC(C)=O)C(=O)O. The number of nitrogens with one attached hydrogen (secondary N) is 2. The molecule has 0 saturated carbocycles. The van der Waals surface area contributed by atoms with E-state index in [9.17, 15) is 28.7 Å². The Morgan fingerprint density at radius 3 is 2.32 bits per heavy atom. The summed E-state index contributed by atoms with van der Waals surface area (Å²) < 4.78 is 18.7. The Kier molecular flexibility index (Phi) is 9.07. The van der Waals surface area contributed by atoms with Crippen molar-refractivity contribution < 1.29 is 33.4 Å². The fourth-order valence-electron chi connectivity index (χ4n) is 2.57. The van der Waals surface area contributed by atoms with Crippen LogP contribution in [0.5, 0.6) is 0 Å². The monoisotopic (exact) mass is 396 g/mol. The Morgan fingerprint density at radius 2 is 1.79 bits per heavy atom. The second-order valence-electron chi connectivity index (χ2n) is 6.34. The van der Waals surface area contributed by atoms with Crippen LogP contribution in [0.15, 0.2) is 24.3 Å². The molecule has 1 aromatic rings. The second-order valence-corrected chi connectivity index (χ2v) is 6.34. The van der Waals surface area contributed by atoms with Crippen molar-refractivity contribution in [3.05, 3.63) is 35.6 Å². The molecule has 0 heterocycles. The first kappa shape index (κ1) is 23.1. The third-order valence-corrected chi connectivity index (χ3v) is 3.97. The van der Waals surface area contributed by atoms with Crippen LogP contribution in [0.2, 0.25) is 0 Å². The minimum atomic E-state index is -1.37. The summed E-state index contributed by atoms with van der Waals surface area (Å²) in [5.74, 6) is -4.53. The molecule has 28 heavy (non-hydrogen) atoms. The van der Waals surface area contributed by atoms with E-state index < -0.39 is 47.6 Å². The van der Waals surface area contributed by atoms with E-state index in [-0.39, 0.29) is 25.0 Å². The van der Waals surface area contributed by atoms with Crippen molar-refractivity contribution in [2.75, 3.05) is 6.61 Å². The number of hydrogen-bond donors (Lipinski definition) is 3. The van der Waals surface area contributed by atoms with E-state index in [1.54, 1.807) is 13.0 Å². The lowest BCUT2D eigenvalue weighted by Crippen LogP contribution is -2.52. The molecule has 9 heteroatoms. The average Bonchev–Trinajstić information content (AvgIpc) is 2.61. The van der Waals surface area contributed by atoms with Crippen LogP contribution >= 0.6 is 0 Å². The number of esters is 1. The number of halogens is 1. The maximum atomic E-state index is 13.9. The van der Waals surface area contributed by atoms with Gasteiger partial charge < -0.3 is 20.5 Å². The van der Waals surface area contributed by atoms with Gasteiger partial charge in [0.2, 0.25) is 11.8 Å². The van der Waals surface area contributed by atoms with Gasteiger partial charge in [0, 0.05) is 13.3 Å². The van der Waals surface area contributed by atoms with Gasteiger partial charge in [-0.05, 0) is 25.0 Å². The van der Waals surface area contributed by atoms with Crippen molar-refractivity contribution in [1.29, 1.82) is 0 Å². The van der Waals surface area contributed by atoms with E-state index in [2.05, 4.69) is 10.6 Å². The van der Waals surface area contributed by atoms with Gasteiger partial charge >= 0.3 is 11.9 Å². The molecule has 3 N–H and O–H groups in total. The van der Waals surface area contributed by atoms with Crippen molar-refractivity contribution in [1.82, 2.24) is 10.6 Å². The predicted octanol–water partition coefficient (Wildman–Crippen LogP) is 1.03. The van der Waals surface area contributed by atoms with Gasteiger partial charge in [-0.15, -0.1) is 0 Å². The summed E-state index contributed by atoms with van der Waals surface area (Å²) in [4.78, 5) is 47.2. The highest BCUT2D eigenvalue weighted by atomic mass is 19.1. The van der Waals surface area contributed by atoms with Gasteiger partial charge in [-0.25, -0.2) is 9.18 Å². The van der Waals surface area contributed by atoms with Crippen molar-refractivity contribution in [3.8, 4) is 0 Å². The Hall–Kier alpha value is -2.97. The zero-order valence-electron chi connectivity index (χ0n) is 16.0. The lowest BCUT2D eigenvalue weighted by Gasteiger charge is -2.22. The Balaban J connectivity index is 2.90. The number of carboxylic acid groups (broad SMARTS) is 1. The highest BCUT2D eigenvalue weighted by Gasteiger charge is 2.30. The van der Waals surface area contributed by atoms with Crippen molar-refractivity contribution in [3.63, 3.8) is 0 Å². The van der Waals surface area contributed by atoms with Crippen LogP contribution in [0, 0.1) is 11.7 Å². The van der Waals surface area contributed by atoms with Gasteiger partial charge in [-0.1, -0.05) is 25.1 Å². The normalized spacial score (nSPS) is 13.7. The Bertz CT molecular complexity index is 724. The maximum Gasteiger partial charge on any atom is 0.326 e. The van der Waals surface area contributed by atoms with E-state index in [1.807, 2.05) is 0 Å². The summed E-state index contributed by atoms with van der Waals surface area (Å²) >= 11 is 0. The number of hydrogen-bond acceptors (Lipinski definition) is 5. The van der Waals surface area contributed by atoms with Crippen LogP contribution in [0.3, 0.4) is 0 Å². The van der Waals surface area contributed by atoms with Gasteiger partial charge in [-0.2, -0.15) is 0 Å². The predicted molar refractivity (Wildman–Crippen MR) is 97.7 cm³/mol. The molecule has 0 aliphatic carbocycles. The highest BCUT2D eigenvalue weighted by Crippen LogP contribution is 2.12. The van der Waals surface area contributed by atoms with E-state index in [0.717, 1.165) is 0 Å². The summed E-state index contributed by atoms with van der Waals surface area (Å²) in [6.45, 7) is 4.46. The average molecular weight is 396 g/mol. The molecule has 3 atom stereocenters. The van der Waals surface area contributed by atoms with E-state index >= 15 is 0 Å². The molecule has 0 saturated heterocycles. The fourth-order valence-corrected chi connectivity index (χ4v) is 2.57. The largest absolute Gasteiger partial charge is 0.480 e. The van der Waals surface area contributed by atoms with E-state index in [1.165, 1.54) is 32.0 Å². The van der Waals surface area contributed by atoms with Gasteiger partial charge in [0.15, 0.2) is 0 Å². The minimum Gasteiger partial charge on any atom is -0.480 e. The van der Waals surface area contributed by atoms with Gasteiger partial charge in [-0.3, -0.25) is 14.4 Å². The summed E-state index contributed by atoms with van der Waals surface area (Å²) in [6, 6.07) is 3.22. The topological polar surface area (TPSA) is 122 Å². The number of amides is 2. The first-order valence-corrected chi connectivity index (χ1v) is 8.86. The first-order chi connectivity index (χ1) is 13.1. The summed E-state index contributed by atoms with van der Waals surface area (Å²) in [5.41, 5.74) is 0.197. The smallest absolute Gasteiger partial charge is 0.326 e. The quantitative estimate of drug-likeness (QED) is 0.508. The number of carbonyl (C=O) groups excluding carboxylic acids is 3. The molecule has 1 aromatic carbocycles. The molecule has 0 aliphatic heterocycles. The fraction of sp³-hybridized carbons (Fsp3) is 0.474. The van der Waals surface area contributed by atoms with Crippen LogP contribution < -0.4 is 10.6 Å². The number of carboxylic acids is 1. The minimum absolute atomic E-state index is 0.153. The van der Waals surface area contributed by atoms with Crippen molar-refractivity contribution in [2.45, 2.75) is 45.7 Å². The lowest BCUT2D eigenvalue weighted by atomic mass is 10.00. The number of benzene rings is 1. The molecule has 0 aliphatic rings. The zero-order chi connectivity index (χ0) is 21.3. The second kappa shape index (κ2) is 11.0. The third kappa shape index (κ3) is 7.34. The van der Waals surface area contributed by atoms with Crippen molar-refractivity contribution >= 4 is 23.8 Å². The Morgan fingerprint density at radius 1 is 1.14 bits per heavy atom. The van der Waals surface area contributed by atoms with E-state index in [4.69, 9.17) is 4.74 Å². The maximum absolute atomic E-state index is 13.9. The summed E-state index contributed by atoms with van der Waals surface area (Å²) in [6.07, 6.45) is -0.343. The number of carbonyl (C=O) groups is 4. The molecule has 1 rings (SSSR count). The molecule has 0 spiro atoms. The zero-order valence-corrected chi connectivity index (χ0v) is 16.0. The van der Waals surface area contributed by atoms with E-state index in [0.29, 0.717) is 0 Å².